The largest absolute Gasteiger partial charge is 0.497 e. The van der Waals surface area contributed by atoms with Crippen molar-refractivity contribution in [1.82, 2.24) is 14.9 Å². The Morgan fingerprint density at radius 3 is 2.50 bits per heavy atom. The van der Waals surface area contributed by atoms with Gasteiger partial charge >= 0.3 is 0 Å². The van der Waals surface area contributed by atoms with Gasteiger partial charge in [-0.15, -0.1) is 0 Å². The molecule has 2 heterocycles. The number of fused-ring (bicyclic) bond motifs is 1. The summed E-state index contributed by atoms with van der Waals surface area (Å²) >= 11 is 0. The second-order valence-electron chi connectivity index (χ2n) is 7.18. The minimum Gasteiger partial charge on any atom is -0.497 e. The van der Waals surface area contributed by atoms with Crippen LogP contribution in [0.15, 0.2) is 59.8 Å². The Hall–Kier alpha value is -2.64. The molecule has 0 aliphatic carbocycles. The molecular formula is C21H23N3O3S. The number of nitrogens with zero attached hydrogens (tertiary/aromatic N) is 2. The Labute approximate surface area is 165 Å². The van der Waals surface area contributed by atoms with Crippen LogP contribution in [-0.2, 0) is 22.9 Å². The van der Waals surface area contributed by atoms with Crippen molar-refractivity contribution in [3.8, 4) is 5.75 Å². The Kier molecular flexibility index (Phi) is 4.95. The van der Waals surface area contributed by atoms with Crippen LogP contribution in [0.4, 0.5) is 0 Å². The standard InChI is InChI=1S/C21H23N3O3S/c1-27-17-7-5-16(6-8-17)19-12-24(13-20-21(19)23-14-22-20)11-15-3-9-18(10-4-15)28(2,25)26/h3-10,14,19H,11-13H2,1-2H3,(H,22,23). The maximum absolute atomic E-state index is 11.7. The molecule has 1 atom stereocenters. The first-order valence-corrected chi connectivity index (χ1v) is 11.0. The maximum atomic E-state index is 11.7. The molecule has 2 aromatic carbocycles. The zero-order chi connectivity index (χ0) is 19.7. The first kappa shape index (κ1) is 18.7. The van der Waals surface area contributed by atoms with Crippen LogP contribution in [0.3, 0.4) is 0 Å². The molecule has 0 amide bonds. The van der Waals surface area contributed by atoms with Gasteiger partial charge in [0, 0.05) is 31.8 Å². The van der Waals surface area contributed by atoms with Crippen LogP contribution in [0, 0.1) is 0 Å². The SMILES string of the molecule is COc1ccc(C2CN(Cc3ccc(S(C)(=O)=O)cc3)Cc3[nH]cnc32)cc1. The van der Waals surface area contributed by atoms with Crippen molar-refractivity contribution >= 4 is 9.84 Å². The molecule has 1 unspecified atom stereocenters. The average Bonchev–Trinajstić information content (AvgIpc) is 3.16. The van der Waals surface area contributed by atoms with Crippen molar-refractivity contribution in [2.24, 2.45) is 0 Å². The zero-order valence-electron chi connectivity index (χ0n) is 15.9. The lowest BCUT2D eigenvalue weighted by atomic mass is 9.90. The first-order valence-electron chi connectivity index (χ1n) is 9.11. The van der Waals surface area contributed by atoms with E-state index < -0.39 is 9.84 Å². The van der Waals surface area contributed by atoms with Crippen LogP contribution in [-0.4, -0.2) is 43.2 Å². The van der Waals surface area contributed by atoms with Gasteiger partial charge in [-0.1, -0.05) is 24.3 Å². The van der Waals surface area contributed by atoms with Crippen molar-refractivity contribution in [3.63, 3.8) is 0 Å². The summed E-state index contributed by atoms with van der Waals surface area (Å²) in [7, 11) is -1.51. The summed E-state index contributed by atoms with van der Waals surface area (Å²) in [5.41, 5.74) is 4.50. The highest BCUT2D eigenvalue weighted by atomic mass is 32.2. The van der Waals surface area contributed by atoms with E-state index in [1.165, 1.54) is 11.8 Å². The third-order valence-corrected chi connectivity index (χ3v) is 6.31. The number of aromatic amines is 1. The van der Waals surface area contributed by atoms with Gasteiger partial charge in [-0.2, -0.15) is 0 Å². The number of hydrogen-bond donors (Lipinski definition) is 1. The average molecular weight is 398 g/mol. The molecule has 28 heavy (non-hydrogen) atoms. The van der Waals surface area contributed by atoms with E-state index in [0.29, 0.717) is 4.90 Å². The zero-order valence-corrected chi connectivity index (χ0v) is 16.7. The Balaban J connectivity index is 1.56. The number of aromatic nitrogens is 2. The summed E-state index contributed by atoms with van der Waals surface area (Å²) in [6, 6.07) is 15.3. The number of ether oxygens (including phenoxy) is 1. The van der Waals surface area contributed by atoms with Crippen molar-refractivity contribution in [2.75, 3.05) is 19.9 Å². The van der Waals surface area contributed by atoms with Gasteiger partial charge in [0.15, 0.2) is 9.84 Å². The maximum Gasteiger partial charge on any atom is 0.175 e. The minimum absolute atomic E-state index is 0.177. The van der Waals surface area contributed by atoms with E-state index in [9.17, 15) is 8.42 Å². The molecule has 0 saturated heterocycles. The number of H-pyrrole nitrogens is 1. The van der Waals surface area contributed by atoms with E-state index in [1.807, 2.05) is 24.3 Å². The van der Waals surface area contributed by atoms with Gasteiger partial charge < -0.3 is 9.72 Å². The van der Waals surface area contributed by atoms with Crippen LogP contribution in [0.25, 0.3) is 0 Å². The number of rotatable bonds is 5. The topological polar surface area (TPSA) is 75.3 Å². The summed E-state index contributed by atoms with van der Waals surface area (Å²) in [6.45, 7) is 2.38. The van der Waals surface area contributed by atoms with Crippen molar-refractivity contribution in [1.29, 1.82) is 0 Å². The molecule has 7 heteroatoms. The quantitative estimate of drug-likeness (QED) is 0.716. The lowest BCUT2D eigenvalue weighted by Crippen LogP contribution is -2.33. The van der Waals surface area contributed by atoms with Crippen LogP contribution in [0.2, 0.25) is 0 Å². The number of sulfone groups is 1. The summed E-state index contributed by atoms with van der Waals surface area (Å²) in [5, 5.41) is 0. The van der Waals surface area contributed by atoms with E-state index in [0.717, 1.165) is 42.3 Å². The number of nitrogens with one attached hydrogen (secondary N) is 1. The van der Waals surface area contributed by atoms with Crippen LogP contribution in [0.5, 0.6) is 5.75 Å². The second kappa shape index (κ2) is 7.41. The first-order chi connectivity index (χ1) is 13.4. The second-order valence-corrected chi connectivity index (χ2v) is 9.19. The molecule has 0 spiro atoms. The van der Waals surface area contributed by atoms with Gasteiger partial charge in [-0.25, -0.2) is 13.4 Å². The molecule has 0 bridgehead atoms. The highest BCUT2D eigenvalue weighted by Crippen LogP contribution is 2.33. The fourth-order valence-electron chi connectivity index (χ4n) is 3.71. The van der Waals surface area contributed by atoms with E-state index in [4.69, 9.17) is 4.74 Å². The number of imidazole rings is 1. The Morgan fingerprint density at radius 1 is 1.14 bits per heavy atom. The highest BCUT2D eigenvalue weighted by Gasteiger charge is 2.29. The molecule has 4 rings (SSSR count). The van der Waals surface area contributed by atoms with Crippen LogP contribution in [0.1, 0.15) is 28.4 Å². The van der Waals surface area contributed by atoms with E-state index in [-0.39, 0.29) is 5.92 Å². The van der Waals surface area contributed by atoms with Gasteiger partial charge in [-0.3, -0.25) is 4.90 Å². The number of methoxy groups -OCH3 is 1. The lowest BCUT2D eigenvalue weighted by Gasteiger charge is -2.32. The number of benzene rings is 2. The van der Waals surface area contributed by atoms with Gasteiger partial charge in [0.2, 0.25) is 0 Å². The highest BCUT2D eigenvalue weighted by molar-refractivity contribution is 7.90. The molecule has 0 radical (unpaired) electrons. The Morgan fingerprint density at radius 2 is 1.86 bits per heavy atom. The predicted molar refractivity (Wildman–Crippen MR) is 107 cm³/mol. The summed E-state index contributed by atoms with van der Waals surface area (Å²) in [4.78, 5) is 10.5. The molecular weight excluding hydrogens is 374 g/mol. The minimum atomic E-state index is -3.17. The Bertz CT molecular complexity index is 1060. The molecule has 1 aromatic heterocycles. The lowest BCUT2D eigenvalue weighted by molar-refractivity contribution is 0.227. The normalized spacial score (nSPS) is 17.3. The monoisotopic (exact) mass is 397 g/mol. The van der Waals surface area contributed by atoms with Gasteiger partial charge in [0.1, 0.15) is 5.75 Å². The van der Waals surface area contributed by atoms with Gasteiger partial charge in [0.25, 0.3) is 0 Å². The predicted octanol–water partition coefficient (Wildman–Crippen LogP) is 2.97. The smallest absolute Gasteiger partial charge is 0.175 e. The third-order valence-electron chi connectivity index (χ3n) is 5.18. The molecule has 0 fully saturated rings. The summed E-state index contributed by atoms with van der Waals surface area (Å²) < 4.78 is 28.6. The molecule has 3 aromatic rings. The van der Waals surface area contributed by atoms with Gasteiger partial charge in [0.05, 0.1) is 29.7 Å². The van der Waals surface area contributed by atoms with Crippen LogP contribution >= 0.6 is 0 Å². The van der Waals surface area contributed by atoms with Gasteiger partial charge in [-0.05, 0) is 35.4 Å². The number of hydrogen-bond acceptors (Lipinski definition) is 5. The van der Waals surface area contributed by atoms with Crippen LogP contribution < -0.4 is 4.74 Å². The molecule has 0 saturated carbocycles. The van der Waals surface area contributed by atoms with Crippen molar-refractivity contribution in [2.45, 2.75) is 23.9 Å². The van der Waals surface area contributed by atoms with E-state index >= 15 is 0 Å². The molecule has 1 N–H and O–H groups in total. The summed E-state index contributed by atoms with van der Waals surface area (Å²) in [5.74, 6) is 1.01. The van der Waals surface area contributed by atoms with Crippen molar-refractivity contribution in [3.05, 3.63) is 77.4 Å². The molecule has 146 valence electrons. The van der Waals surface area contributed by atoms with E-state index in [2.05, 4.69) is 27.0 Å². The fraction of sp³-hybridized carbons (Fsp3) is 0.286. The fourth-order valence-corrected chi connectivity index (χ4v) is 4.34. The van der Waals surface area contributed by atoms with Crippen molar-refractivity contribution < 1.29 is 13.2 Å². The van der Waals surface area contributed by atoms with E-state index in [1.54, 1.807) is 25.6 Å². The third kappa shape index (κ3) is 3.81. The molecule has 1 aliphatic heterocycles. The summed E-state index contributed by atoms with van der Waals surface area (Å²) in [6.07, 6.45) is 2.98. The molecule has 6 nitrogen and oxygen atoms in total. The molecule has 1 aliphatic rings.